The molecule has 1 unspecified atom stereocenters. The van der Waals surface area contributed by atoms with E-state index in [1.165, 1.54) is 18.4 Å². The number of guanidine groups is 1. The highest BCUT2D eigenvalue weighted by atomic mass is 127. The fraction of sp³-hybridized carbons (Fsp3) is 0.600. The molecule has 2 N–H and O–H groups in total. The van der Waals surface area contributed by atoms with Gasteiger partial charge in [0.2, 0.25) is 0 Å². The molecule has 2 rings (SSSR count). The maximum atomic E-state index is 11.1. The Balaban J connectivity index is 0.00000364. The Morgan fingerprint density at radius 2 is 2.04 bits per heavy atom. The number of benzene rings is 1. The number of aryl methyl sites for hydroxylation is 1. The van der Waals surface area contributed by atoms with Crippen LogP contribution < -0.4 is 15.5 Å². The first-order valence-electron chi connectivity index (χ1n) is 9.55. The van der Waals surface area contributed by atoms with Gasteiger partial charge >= 0.3 is 5.97 Å². The summed E-state index contributed by atoms with van der Waals surface area (Å²) >= 11 is 0. The minimum Gasteiger partial charge on any atom is -0.469 e. The van der Waals surface area contributed by atoms with Crippen molar-refractivity contribution in [3.05, 3.63) is 29.8 Å². The molecule has 1 atom stereocenters. The number of nitrogens with one attached hydrogen (secondary N) is 2. The van der Waals surface area contributed by atoms with Crippen molar-refractivity contribution in [2.24, 2.45) is 4.99 Å². The van der Waals surface area contributed by atoms with Crippen LogP contribution in [0.25, 0.3) is 0 Å². The van der Waals surface area contributed by atoms with Crippen molar-refractivity contribution < 1.29 is 9.53 Å². The van der Waals surface area contributed by atoms with E-state index in [9.17, 15) is 4.79 Å². The number of rotatable bonds is 8. The summed E-state index contributed by atoms with van der Waals surface area (Å²) in [5.41, 5.74) is 2.57. The minimum absolute atomic E-state index is 0. The van der Waals surface area contributed by atoms with Gasteiger partial charge in [-0.1, -0.05) is 17.7 Å². The van der Waals surface area contributed by atoms with Gasteiger partial charge in [-0.3, -0.25) is 9.79 Å². The zero-order chi connectivity index (χ0) is 18.8. The molecule has 1 aliphatic rings. The zero-order valence-electron chi connectivity index (χ0n) is 16.7. The molecule has 0 spiro atoms. The molecule has 27 heavy (non-hydrogen) atoms. The van der Waals surface area contributed by atoms with Crippen LogP contribution in [0.5, 0.6) is 0 Å². The molecule has 6 nitrogen and oxygen atoms in total. The molecule has 0 amide bonds. The van der Waals surface area contributed by atoms with Crippen LogP contribution in [0.2, 0.25) is 0 Å². The van der Waals surface area contributed by atoms with Crippen molar-refractivity contribution in [2.45, 2.75) is 45.6 Å². The van der Waals surface area contributed by atoms with Crippen LogP contribution in [0, 0.1) is 6.92 Å². The average Bonchev–Trinajstić information content (AvgIpc) is 3.10. The summed E-state index contributed by atoms with van der Waals surface area (Å²) < 4.78 is 4.65. The quantitative estimate of drug-likeness (QED) is 0.194. The van der Waals surface area contributed by atoms with Gasteiger partial charge in [0, 0.05) is 44.3 Å². The van der Waals surface area contributed by atoms with E-state index >= 15 is 0 Å². The maximum Gasteiger partial charge on any atom is 0.305 e. The second-order valence-corrected chi connectivity index (χ2v) is 6.71. The molecule has 0 aliphatic carbocycles. The van der Waals surface area contributed by atoms with E-state index in [0.717, 1.165) is 44.9 Å². The smallest absolute Gasteiger partial charge is 0.305 e. The van der Waals surface area contributed by atoms with Crippen molar-refractivity contribution in [1.29, 1.82) is 0 Å². The van der Waals surface area contributed by atoms with Gasteiger partial charge in [0.05, 0.1) is 7.11 Å². The first kappa shape index (κ1) is 23.5. The molecular formula is C20H33IN4O2. The predicted octanol–water partition coefficient (Wildman–Crippen LogP) is 3.09. The molecule has 1 saturated heterocycles. The Kier molecular flexibility index (Phi) is 11.2. The highest BCUT2D eigenvalue weighted by molar-refractivity contribution is 14.0. The second kappa shape index (κ2) is 12.8. The van der Waals surface area contributed by atoms with Crippen LogP contribution in [0.4, 0.5) is 5.69 Å². The molecule has 1 heterocycles. The second-order valence-electron chi connectivity index (χ2n) is 6.71. The number of aliphatic imine (C=N–C) groups is 1. The van der Waals surface area contributed by atoms with Crippen LogP contribution in [-0.2, 0) is 9.53 Å². The molecule has 0 bridgehead atoms. The predicted molar refractivity (Wildman–Crippen MR) is 122 cm³/mol. The number of halogens is 1. The molecule has 0 aromatic heterocycles. The van der Waals surface area contributed by atoms with E-state index in [4.69, 9.17) is 0 Å². The van der Waals surface area contributed by atoms with Gasteiger partial charge in [-0.2, -0.15) is 0 Å². The Morgan fingerprint density at radius 1 is 1.30 bits per heavy atom. The fourth-order valence-corrected chi connectivity index (χ4v) is 3.06. The van der Waals surface area contributed by atoms with Crippen LogP contribution in [-0.4, -0.2) is 51.3 Å². The van der Waals surface area contributed by atoms with Crippen LogP contribution in [0.3, 0.4) is 0 Å². The molecule has 7 heteroatoms. The Bertz CT molecular complexity index is 592. The number of anilines is 1. The maximum absolute atomic E-state index is 11.1. The molecule has 1 aromatic rings. The van der Waals surface area contributed by atoms with E-state index in [1.54, 1.807) is 0 Å². The van der Waals surface area contributed by atoms with Crippen molar-refractivity contribution in [1.82, 2.24) is 10.6 Å². The first-order valence-corrected chi connectivity index (χ1v) is 9.55. The van der Waals surface area contributed by atoms with Crippen LogP contribution in [0.15, 0.2) is 29.3 Å². The molecule has 1 aliphatic heterocycles. The normalized spacial score (nSPS) is 16.6. The standard InChI is InChI=1S/C20H32N4O2.HI/c1-4-21-20(22-13-6-5-7-19(25)26-3)23-17-12-14-24(15-17)18-10-8-16(2)9-11-18;/h8-11,17H,4-7,12-15H2,1-3H3,(H2,21,22,23);1H. The van der Waals surface area contributed by atoms with E-state index in [1.807, 2.05) is 0 Å². The summed E-state index contributed by atoms with van der Waals surface area (Å²) in [6.45, 7) is 7.77. The highest BCUT2D eigenvalue weighted by Crippen LogP contribution is 2.20. The molecule has 1 aromatic carbocycles. The third-order valence-corrected chi connectivity index (χ3v) is 4.56. The third kappa shape index (κ3) is 8.36. The van der Waals surface area contributed by atoms with E-state index in [0.29, 0.717) is 19.0 Å². The molecule has 152 valence electrons. The highest BCUT2D eigenvalue weighted by Gasteiger charge is 2.23. The topological polar surface area (TPSA) is 66.0 Å². The minimum atomic E-state index is -0.152. The van der Waals surface area contributed by atoms with Gasteiger partial charge in [0.15, 0.2) is 5.96 Å². The first-order chi connectivity index (χ1) is 12.6. The van der Waals surface area contributed by atoms with Crippen LogP contribution >= 0.6 is 24.0 Å². The Labute approximate surface area is 180 Å². The van der Waals surface area contributed by atoms with Crippen molar-refractivity contribution in [3.8, 4) is 0 Å². The summed E-state index contributed by atoms with van der Waals surface area (Å²) in [6, 6.07) is 9.10. The summed E-state index contributed by atoms with van der Waals surface area (Å²) in [6.07, 6.45) is 3.25. The summed E-state index contributed by atoms with van der Waals surface area (Å²) in [7, 11) is 1.43. The Morgan fingerprint density at radius 3 is 2.70 bits per heavy atom. The van der Waals surface area contributed by atoms with E-state index in [2.05, 4.69) is 63.4 Å². The zero-order valence-corrected chi connectivity index (χ0v) is 19.0. The summed E-state index contributed by atoms with van der Waals surface area (Å²) in [5.74, 6) is 0.711. The van der Waals surface area contributed by atoms with Gasteiger partial charge in [0.25, 0.3) is 0 Å². The third-order valence-electron chi connectivity index (χ3n) is 4.56. The van der Waals surface area contributed by atoms with Gasteiger partial charge < -0.3 is 20.3 Å². The number of esters is 1. The van der Waals surface area contributed by atoms with Gasteiger partial charge in [-0.15, -0.1) is 24.0 Å². The van der Waals surface area contributed by atoms with Crippen molar-refractivity contribution in [2.75, 3.05) is 38.2 Å². The number of nitrogens with zero attached hydrogens (tertiary/aromatic N) is 2. The molecule has 0 saturated carbocycles. The summed E-state index contributed by atoms with van der Waals surface area (Å²) in [4.78, 5) is 18.2. The Hall–Kier alpha value is -1.51. The van der Waals surface area contributed by atoms with Crippen molar-refractivity contribution >= 4 is 41.6 Å². The average molecular weight is 488 g/mol. The van der Waals surface area contributed by atoms with Gasteiger partial charge in [0.1, 0.15) is 0 Å². The number of carbonyl (C=O) groups excluding carboxylic acids is 1. The number of hydrogen-bond acceptors (Lipinski definition) is 4. The molecular weight excluding hydrogens is 455 g/mol. The number of methoxy groups -OCH3 is 1. The number of ether oxygens (including phenoxy) is 1. The lowest BCUT2D eigenvalue weighted by Gasteiger charge is -2.20. The van der Waals surface area contributed by atoms with Gasteiger partial charge in [-0.25, -0.2) is 0 Å². The molecule has 1 fully saturated rings. The SMILES string of the molecule is CCNC(=NCCCCC(=O)OC)NC1CCN(c2ccc(C)cc2)C1.I. The van der Waals surface area contributed by atoms with E-state index in [-0.39, 0.29) is 29.9 Å². The fourth-order valence-electron chi connectivity index (χ4n) is 3.06. The van der Waals surface area contributed by atoms with Crippen LogP contribution in [0.1, 0.15) is 38.2 Å². The number of carbonyl (C=O) groups is 1. The van der Waals surface area contributed by atoms with Gasteiger partial charge in [-0.05, 0) is 45.2 Å². The lowest BCUT2D eigenvalue weighted by Crippen LogP contribution is -2.44. The van der Waals surface area contributed by atoms with E-state index < -0.39 is 0 Å². The lowest BCUT2D eigenvalue weighted by atomic mass is 10.2. The summed E-state index contributed by atoms with van der Waals surface area (Å²) in [5, 5.41) is 6.86. The monoisotopic (exact) mass is 488 g/mol. The molecule has 0 radical (unpaired) electrons. The largest absolute Gasteiger partial charge is 0.469 e. The number of unbranched alkanes of at least 4 members (excludes halogenated alkanes) is 1. The number of hydrogen-bond donors (Lipinski definition) is 2. The van der Waals surface area contributed by atoms with Crippen molar-refractivity contribution in [3.63, 3.8) is 0 Å². The lowest BCUT2D eigenvalue weighted by molar-refractivity contribution is -0.140.